The molecule has 0 aliphatic carbocycles. The Morgan fingerprint density at radius 1 is 0.909 bits per heavy atom. The Bertz CT molecular complexity index is 866. The first-order valence-corrected chi connectivity index (χ1v) is 8.31. The van der Waals surface area contributed by atoms with Gasteiger partial charge in [0.25, 0.3) is 0 Å². The lowest BCUT2D eigenvalue weighted by Gasteiger charge is -2.13. The fourth-order valence-electron chi connectivity index (χ4n) is 2.87. The number of benzene rings is 3. The molecule has 1 nitrogen and oxygen atoms in total. The van der Waals surface area contributed by atoms with Crippen molar-refractivity contribution in [2.45, 2.75) is 11.3 Å². The van der Waals surface area contributed by atoms with Crippen molar-refractivity contribution >= 4 is 28.2 Å². The quantitative estimate of drug-likeness (QED) is 0.618. The maximum Gasteiger partial charge on any atom is 0.0761 e. The van der Waals surface area contributed by atoms with Crippen molar-refractivity contribution in [3.8, 4) is 0 Å². The number of nitrogens with zero attached hydrogens (tertiary/aromatic N) is 1. The molecule has 3 aromatic carbocycles. The van der Waals surface area contributed by atoms with Crippen LogP contribution < -0.4 is 4.90 Å². The number of para-hydroxylation sites is 1. The Balaban J connectivity index is 1.59. The summed E-state index contributed by atoms with van der Waals surface area (Å²) in [5.41, 5.74) is 2.66. The van der Waals surface area contributed by atoms with E-state index in [0.29, 0.717) is 0 Å². The van der Waals surface area contributed by atoms with Gasteiger partial charge in [0, 0.05) is 11.9 Å². The fourth-order valence-corrected chi connectivity index (χ4v) is 3.95. The Morgan fingerprint density at radius 2 is 1.68 bits per heavy atom. The standard InChI is InChI=1S/C20H17NS/c1-21-18-8-4-5-9-19(18)22-20(21)13-11-15-10-12-16-6-2-3-7-17(16)14-15/h2-10,12-14H,11H2,1H3/b20-13+. The summed E-state index contributed by atoms with van der Waals surface area (Å²) in [7, 11) is 2.14. The van der Waals surface area contributed by atoms with Crippen molar-refractivity contribution < 1.29 is 0 Å². The predicted octanol–water partition coefficient (Wildman–Crippen LogP) is 5.47. The number of hydrogen-bond donors (Lipinski definition) is 0. The third-order valence-corrected chi connectivity index (χ3v) is 5.31. The monoisotopic (exact) mass is 303 g/mol. The summed E-state index contributed by atoms with van der Waals surface area (Å²) in [4.78, 5) is 3.62. The molecule has 3 aromatic rings. The molecular weight excluding hydrogens is 286 g/mol. The van der Waals surface area contributed by atoms with Crippen molar-refractivity contribution in [2.24, 2.45) is 0 Å². The lowest BCUT2D eigenvalue weighted by Crippen LogP contribution is -2.09. The van der Waals surface area contributed by atoms with Crippen LogP contribution in [-0.4, -0.2) is 7.05 Å². The minimum absolute atomic E-state index is 0.964. The van der Waals surface area contributed by atoms with Gasteiger partial charge >= 0.3 is 0 Å². The van der Waals surface area contributed by atoms with E-state index in [9.17, 15) is 0 Å². The Morgan fingerprint density at radius 3 is 2.55 bits per heavy atom. The van der Waals surface area contributed by atoms with Gasteiger partial charge in [0.05, 0.1) is 10.7 Å². The van der Waals surface area contributed by atoms with Crippen LogP contribution in [0.1, 0.15) is 5.56 Å². The zero-order valence-electron chi connectivity index (χ0n) is 12.5. The van der Waals surface area contributed by atoms with Crippen molar-refractivity contribution in [3.63, 3.8) is 0 Å². The van der Waals surface area contributed by atoms with E-state index in [2.05, 4.69) is 84.8 Å². The van der Waals surface area contributed by atoms with E-state index in [1.54, 1.807) is 0 Å². The lowest BCUT2D eigenvalue weighted by atomic mass is 10.1. The van der Waals surface area contributed by atoms with Crippen LogP contribution in [-0.2, 0) is 6.42 Å². The highest BCUT2D eigenvalue weighted by Gasteiger charge is 2.20. The fraction of sp³-hybridized carbons (Fsp3) is 0.100. The molecular formula is C20H17NS. The number of hydrogen-bond acceptors (Lipinski definition) is 2. The highest BCUT2D eigenvalue weighted by atomic mass is 32.2. The molecule has 0 spiro atoms. The minimum Gasteiger partial charge on any atom is -0.338 e. The Hall–Kier alpha value is -2.19. The first-order valence-electron chi connectivity index (χ1n) is 7.50. The van der Waals surface area contributed by atoms with Crippen molar-refractivity contribution in [3.05, 3.63) is 83.4 Å². The van der Waals surface area contributed by atoms with Crippen molar-refractivity contribution in [1.29, 1.82) is 0 Å². The zero-order chi connectivity index (χ0) is 14.9. The topological polar surface area (TPSA) is 3.24 Å². The maximum absolute atomic E-state index is 2.33. The predicted molar refractivity (Wildman–Crippen MR) is 96.4 cm³/mol. The van der Waals surface area contributed by atoms with Gasteiger partial charge in [0.1, 0.15) is 0 Å². The molecule has 108 valence electrons. The summed E-state index contributed by atoms with van der Waals surface area (Å²) in [5, 5.41) is 3.93. The normalized spacial score (nSPS) is 15.5. The zero-order valence-corrected chi connectivity index (χ0v) is 13.3. The molecule has 0 radical (unpaired) electrons. The largest absolute Gasteiger partial charge is 0.338 e. The van der Waals surface area contributed by atoms with Crippen LogP contribution in [0.15, 0.2) is 82.7 Å². The van der Waals surface area contributed by atoms with Crippen LogP contribution in [0.5, 0.6) is 0 Å². The van der Waals surface area contributed by atoms with E-state index in [1.807, 2.05) is 11.8 Å². The van der Waals surface area contributed by atoms with Gasteiger partial charge < -0.3 is 4.90 Å². The van der Waals surface area contributed by atoms with Crippen molar-refractivity contribution in [1.82, 2.24) is 0 Å². The first-order chi connectivity index (χ1) is 10.8. The van der Waals surface area contributed by atoms with E-state index >= 15 is 0 Å². The summed E-state index contributed by atoms with van der Waals surface area (Å²) in [5.74, 6) is 0. The van der Waals surface area contributed by atoms with Gasteiger partial charge in [0.15, 0.2) is 0 Å². The molecule has 0 saturated carbocycles. The summed E-state index contributed by atoms with van der Waals surface area (Å²) in [6.07, 6.45) is 3.29. The van der Waals surface area contributed by atoms with Gasteiger partial charge in [-0.3, -0.25) is 0 Å². The van der Waals surface area contributed by atoms with E-state index in [0.717, 1.165) is 6.42 Å². The summed E-state index contributed by atoms with van der Waals surface area (Å²) in [6, 6.07) is 23.8. The van der Waals surface area contributed by atoms with E-state index < -0.39 is 0 Å². The van der Waals surface area contributed by atoms with Crippen molar-refractivity contribution in [2.75, 3.05) is 11.9 Å². The first kappa shape index (κ1) is 13.5. The average molecular weight is 303 g/mol. The second-order valence-corrected chi connectivity index (χ2v) is 6.62. The molecule has 0 atom stereocenters. The molecule has 0 aromatic heterocycles. The second-order valence-electron chi connectivity index (χ2n) is 5.56. The number of allylic oxidation sites excluding steroid dienone is 1. The van der Waals surface area contributed by atoms with Gasteiger partial charge in [-0.2, -0.15) is 0 Å². The highest BCUT2D eigenvalue weighted by Crippen LogP contribution is 2.44. The van der Waals surface area contributed by atoms with Crippen LogP contribution >= 0.6 is 11.8 Å². The van der Waals surface area contributed by atoms with Crippen LogP contribution in [0.4, 0.5) is 5.69 Å². The third kappa shape index (κ3) is 2.40. The van der Waals surface area contributed by atoms with Crippen LogP contribution in [0, 0.1) is 0 Å². The Kier molecular flexibility index (Phi) is 3.39. The summed E-state index contributed by atoms with van der Waals surface area (Å²) in [6.45, 7) is 0. The van der Waals surface area contributed by atoms with Gasteiger partial charge in [-0.15, -0.1) is 0 Å². The molecule has 0 fully saturated rings. The van der Waals surface area contributed by atoms with Crippen LogP contribution in [0.2, 0.25) is 0 Å². The maximum atomic E-state index is 2.33. The number of thioether (sulfide) groups is 1. The van der Waals surface area contributed by atoms with Gasteiger partial charge in [-0.05, 0) is 41.0 Å². The number of anilines is 1. The second kappa shape index (κ2) is 5.54. The number of rotatable bonds is 2. The molecule has 1 aliphatic rings. The van der Waals surface area contributed by atoms with Crippen LogP contribution in [0.3, 0.4) is 0 Å². The van der Waals surface area contributed by atoms with E-state index in [1.165, 1.54) is 31.9 Å². The molecule has 0 unspecified atom stereocenters. The van der Waals surface area contributed by atoms with Gasteiger partial charge in [0.2, 0.25) is 0 Å². The molecule has 0 N–H and O–H groups in total. The molecule has 0 amide bonds. The smallest absolute Gasteiger partial charge is 0.0761 e. The summed E-state index contributed by atoms with van der Waals surface area (Å²) >= 11 is 1.85. The number of fused-ring (bicyclic) bond motifs is 2. The Labute approximate surface area is 135 Å². The molecule has 4 rings (SSSR count). The molecule has 1 heterocycles. The van der Waals surface area contributed by atoms with Gasteiger partial charge in [-0.25, -0.2) is 0 Å². The summed E-state index contributed by atoms with van der Waals surface area (Å²) < 4.78 is 0. The van der Waals surface area contributed by atoms with Crippen LogP contribution in [0.25, 0.3) is 10.8 Å². The molecule has 22 heavy (non-hydrogen) atoms. The SMILES string of the molecule is CN1/C(=C\Cc2ccc3ccccc3c2)Sc2ccccc21. The molecule has 2 heteroatoms. The van der Waals surface area contributed by atoms with E-state index in [4.69, 9.17) is 0 Å². The third-order valence-electron chi connectivity index (χ3n) is 4.10. The molecule has 0 bridgehead atoms. The molecule has 0 saturated heterocycles. The molecule has 1 aliphatic heterocycles. The highest BCUT2D eigenvalue weighted by molar-refractivity contribution is 8.03. The minimum atomic E-state index is 0.964. The van der Waals surface area contributed by atoms with E-state index in [-0.39, 0.29) is 0 Å². The average Bonchev–Trinajstić information content (AvgIpc) is 2.89. The lowest BCUT2D eigenvalue weighted by molar-refractivity contribution is 1.15. The van der Waals surface area contributed by atoms with Gasteiger partial charge in [-0.1, -0.05) is 66.4 Å².